The molecule has 2 N–H and O–H groups in total. The third-order valence-corrected chi connectivity index (χ3v) is 7.06. The number of methoxy groups -OCH3 is 1. The van der Waals surface area contributed by atoms with E-state index in [0.29, 0.717) is 36.2 Å². The number of carbonyl (C=O) groups is 1. The van der Waals surface area contributed by atoms with Gasteiger partial charge in [0.2, 0.25) is 5.72 Å². The molecule has 3 fully saturated rings. The van der Waals surface area contributed by atoms with Crippen molar-refractivity contribution in [1.29, 1.82) is 0 Å². The lowest BCUT2D eigenvalue weighted by Crippen LogP contribution is -2.54. The van der Waals surface area contributed by atoms with Crippen molar-refractivity contribution in [3.63, 3.8) is 0 Å². The first-order valence-corrected chi connectivity index (χ1v) is 11.4. The standard InChI is InChI=1S/C22H32N6O5/c1-12(2)27(14-6-13(7-14)20(29)30-5)8-15-17-22(9-31-15,33-21(3,4)32-17)28-11-26-16-18(23)24-10-25-19(16)28/h10-15,17H,6-9H2,1-5H3,(H2,23,24,25)/t13-,14+,15-,17-,22+/m1/s1. The lowest BCUT2D eigenvalue weighted by molar-refractivity contribution is -0.206. The second-order valence-corrected chi connectivity index (χ2v) is 9.92. The minimum absolute atomic E-state index is 0.0303. The smallest absolute Gasteiger partial charge is 0.308 e. The summed E-state index contributed by atoms with van der Waals surface area (Å²) in [5, 5.41) is 0. The number of anilines is 1. The normalized spacial score (nSPS) is 32.9. The first-order chi connectivity index (χ1) is 15.6. The summed E-state index contributed by atoms with van der Waals surface area (Å²) in [6.45, 7) is 9.08. The van der Waals surface area contributed by atoms with E-state index >= 15 is 0 Å². The van der Waals surface area contributed by atoms with Crippen LogP contribution in [0.3, 0.4) is 0 Å². The van der Waals surface area contributed by atoms with Crippen LogP contribution in [0.15, 0.2) is 12.7 Å². The molecule has 1 saturated carbocycles. The van der Waals surface area contributed by atoms with E-state index in [-0.39, 0.29) is 30.1 Å². The SMILES string of the molecule is COC(=O)[C@H]1C[C@@H](N(C[C@H]2OC[C@]3(n4cnc5c(N)ncnc54)OC(C)(C)O[C@H]23)C(C)C)C1. The van der Waals surface area contributed by atoms with Gasteiger partial charge in [-0.15, -0.1) is 0 Å². The largest absolute Gasteiger partial charge is 0.469 e. The van der Waals surface area contributed by atoms with Gasteiger partial charge in [0, 0.05) is 18.6 Å². The van der Waals surface area contributed by atoms with Gasteiger partial charge in [-0.3, -0.25) is 14.3 Å². The van der Waals surface area contributed by atoms with E-state index in [0.717, 1.165) is 12.8 Å². The van der Waals surface area contributed by atoms with Crippen LogP contribution in [0.4, 0.5) is 5.82 Å². The van der Waals surface area contributed by atoms with Crippen molar-refractivity contribution >= 4 is 23.0 Å². The maximum atomic E-state index is 11.9. The average Bonchev–Trinajstić information content (AvgIpc) is 3.36. The predicted octanol–water partition coefficient (Wildman–Crippen LogP) is 1.27. The molecule has 0 amide bonds. The number of nitrogen functional groups attached to an aromatic ring is 1. The summed E-state index contributed by atoms with van der Waals surface area (Å²) in [5.41, 5.74) is 6.20. The zero-order valence-corrected chi connectivity index (χ0v) is 19.7. The Bertz CT molecular complexity index is 1050. The molecule has 0 spiro atoms. The van der Waals surface area contributed by atoms with Crippen LogP contribution in [-0.2, 0) is 29.5 Å². The van der Waals surface area contributed by atoms with Crippen molar-refractivity contribution in [3.8, 4) is 0 Å². The van der Waals surface area contributed by atoms with Crippen molar-refractivity contribution in [1.82, 2.24) is 24.4 Å². The maximum Gasteiger partial charge on any atom is 0.308 e. The number of hydrogen-bond acceptors (Lipinski definition) is 10. The molecule has 1 aliphatic carbocycles. The fourth-order valence-corrected chi connectivity index (χ4v) is 5.44. The zero-order chi connectivity index (χ0) is 23.5. The number of aromatic nitrogens is 4. The van der Waals surface area contributed by atoms with Gasteiger partial charge in [0.25, 0.3) is 0 Å². The number of nitrogens with zero attached hydrogens (tertiary/aromatic N) is 5. The third kappa shape index (κ3) is 3.58. The predicted molar refractivity (Wildman–Crippen MR) is 118 cm³/mol. The van der Waals surface area contributed by atoms with Crippen LogP contribution < -0.4 is 5.73 Å². The van der Waals surface area contributed by atoms with Crippen LogP contribution in [0.2, 0.25) is 0 Å². The van der Waals surface area contributed by atoms with Gasteiger partial charge in [0.05, 0.1) is 26.0 Å². The first-order valence-electron chi connectivity index (χ1n) is 11.4. The number of esters is 1. The lowest BCUT2D eigenvalue weighted by Gasteiger charge is -2.45. The van der Waals surface area contributed by atoms with Crippen molar-refractivity contribution in [2.45, 2.75) is 76.3 Å². The number of imidazole rings is 1. The van der Waals surface area contributed by atoms with E-state index in [4.69, 9.17) is 24.7 Å². The van der Waals surface area contributed by atoms with Gasteiger partial charge < -0.3 is 24.7 Å². The summed E-state index contributed by atoms with van der Waals surface area (Å²) in [6.07, 6.45) is 4.07. The topological polar surface area (TPSA) is 127 Å². The summed E-state index contributed by atoms with van der Waals surface area (Å²) in [5.74, 6) is -0.654. The molecule has 4 heterocycles. The van der Waals surface area contributed by atoms with Crippen LogP contribution in [-0.4, -0.2) is 80.7 Å². The van der Waals surface area contributed by atoms with Gasteiger partial charge in [-0.05, 0) is 40.5 Å². The molecule has 0 radical (unpaired) electrons. The molecule has 2 aromatic heterocycles. The number of ether oxygens (including phenoxy) is 4. The molecular formula is C22H32N6O5. The van der Waals surface area contributed by atoms with Crippen molar-refractivity contribution in [2.24, 2.45) is 5.92 Å². The van der Waals surface area contributed by atoms with Gasteiger partial charge in [0.1, 0.15) is 24.1 Å². The Hall–Kier alpha value is -2.34. The molecule has 0 aromatic carbocycles. The van der Waals surface area contributed by atoms with E-state index in [2.05, 4.69) is 33.7 Å². The second kappa shape index (κ2) is 7.86. The number of fused-ring (bicyclic) bond motifs is 2. The van der Waals surface area contributed by atoms with Crippen molar-refractivity contribution < 1.29 is 23.7 Å². The molecule has 11 nitrogen and oxygen atoms in total. The highest BCUT2D eigenvalue weighted by molar-refractivity contribution is 5.81. The Morgan fingerprint density at radius 3 is 2.79 bits per heavy atom. The highest BCUT2D eigenvalue weighted by Crippen LogP contribution is 2.48. The van der Waals surface area contributed by atoms with E-state index in [9.17, 15) is 4.79 Å². The highest BCUT2D eigenvalue weighted by Gasteiger charge is 2.63. The Balaban J connectivity index is 1.42. The summed E-state index contributed by atoms with van der Waals surface area (Å²) in [6, 6.07) is 0.578. The number of hydrogen-bond donors (Lipinski definition) is 1. The lowest BCUT2D eigenvalue weighted by atomic mass is 9.78. The molecule has 2 saturated heterocycles. The highest BCUT2D eigenvalue weighted by atomic mass is 16.8. The first kappa shape index (κ1) is 22.5. The summed E-state index contributed by atoms with van der Waals surface area (Å²) in [7, 11) is 1.44. The summed E-state index contributed by atoms with van der Waals surface area (Å²) >= 11 is 0. The Morgan fingerprint density at radius 1 is 1.33 bits per heavy atom. The average molecular weight is 461 g/mol. The third-order valence-electron chi connectivity index (χ3n) is 7.06. The molecule has 180 valence electrons. The fraction of sp³-hybridized carbons (Fsp3) is 0.727. The number of carbonyl (C=O) groups excluding carboxylic acids is 1. The van der Waals surface area contributed by atoms with Crippen LogP contribution in [0.1, 0.15) is 40.5 Å². The quantitative estimate of drug-likeness (QED) is 0.630. The van der Waals surface area contributed by atoms with Crippen LogP contribution >= 0.6 is 0 Å². The molecular weight excluding hydrogens is 428 g/mol. The summed E-state index contributed by atoms with van der Waals surface area (Å²) < 4.78 is 26.0. The second-order valence-electron chi connectivity index (χ2n) is 9.92. The van der Waals surface area contributed by atoms with Crippen molar-refractivity contribution in [2.75, 3.05) is 26.0 Å². The molecule has 5 rings (SSSR count). The van der Waals surface area contributed by atoms with Gasteiger partial charge in [-0.2, -0.15) is 0 Å². The van der Waals surface area contributed by atoms with E-state index in [1.807, 2.05) is 18.4 Å². The molecule has 0 unspecified atom stereocenters. The molecule has 3 aliphatic rings. The molecule has 2 aliphatic heterocycles. The molecule has 2 aromatic rings. The van der Waals surface area contributed by atoms with Gasteiger partial charge in [-0.1, -0.05) is 0 Å². The van der Waals surface area contributed by atoms with E-state index in [1.54, 1.807) is 6.33 Å². The zero-order valence-electron chi connectivity index (χ0n) is 19.7. The monoisotopic (exact) mass is 460 g/mol. The van der Waals surface area contributed by atoms with Crippen LogP contribution in [0.5, 0.6) is 0 Å². The Morgan fingerprint density at radius 2 is 2.09 bits per heavy atom. The van der Waals surface area contributed by atoms with Gasteiger partial charge in [0.15, 0.2) is 17.3 Å². The van der Waals surface area contributed by atoms with Crippen LogP contribution in [0, 0.1) is 5.92 Å². The molecule has 11 heteroatoms. The molecule has 33 heavy (non-hydrogen) atoms. The van der Waals surface area contributed by atoms with Gasteiger partial charge in [-0.25, -0.2) is 15.0 Å². The van der Waals surface area contributed by atoms with E-state index < -0.39 is 11.5 Å². The maximum absolute atomic E-state index is 11.9. The fourth-order valence-electron chi connectivity index (χ4n) is 5.44. The van der Waals surface area contributed by atoms with Crippen molar-refractivity contribution in [3.05, 3.63) is 12.7 Å². The minimum Gasteiger partial charge on any atom is -0.469 e. The summed E-state index contributed by atoms with van der Waals surface area (Å²) in [4.78, 5) is 27.1. The Kier molecular flexibility index (Phi) is 5.35. The Labute approximate surface area is 192 Å². The molecule has 0 bridgehead atoms. The van der Waals surface area contributed by atoms with Crippen LogP contribution in [0.25, 0.3) is 11.2 Å². The van der Waals surface area contributed by atoms with E-state index in [1.165, 1.54) is 13.4 Å². The van der Waals surface area contributed by atoms with Gasteiger partial charge >= 0.3 is 5.97 Å². The minimum atomic E-state index is -0.916. The number of rotatable bonds is 6. The number of nitrogens with two attached hydrogens (primary N) is 1. The molecule has 3 atom stereocenters.